The molecule has 2 nitrogen and oxygen atoms in total. The monoisotopic (exact) mass is 253 g/mol. The maximum Gasteiger partial charge on any atom is 0.119 e. The van der Waals surface area contributed by atoms with Crippen LogP contribution in [0.15, 0.2) is 18.2 Å². The van der Waals surface area contributed by atoms with Gasteiger partial charge in [0, 0.05) is 5.54 Å². The lowest BCUT2D eigenvalue weighted by molar-refractivity contribution is 0.328. The zero-order valence-electron chi connectivity index (χ0n) is 10.3. The van der Waals surface area contributed by atoms with Crippen LogP contribution >= 0.6 is 12.4 Å². The van der Waals surface area contributed by atoms with Gasteiger partial charge in [-0.1, -0.05) is 6.07 Å². The Kier molecular flexibility index (Phi) is 3.64. The van der Waals surface area contributed by atoms with Gasteiger partial charge in [-0.05, 0) is 61.9 Å². The molecule has 3 heteroatoms. The van der Waals surface area contributed by atoms with Crippen molar-refractivity contribution in [2.24, 2.45) is 0 Å². The fourth-order valence-electron chi connectivity index (χ4n) is 3.19. The summed E-state index contributed by atoms with van der Waals surface area (Å²) in [7, 11) is 1.74. The minimum Gasteiger partial charge on any atom is -0.497 e. The lowest BCUT2D eigenvalue weighted by Crippen LogP contribution is -2.44. The summed E-state index contributed by atoms with van der Waals surface area (Å²) in [5.74, 6) is 0.995. The number of fused-ring (bicyclic) bond motifs is 1. The van der Waals surface area contributed by atoms with Gasteiger partial charge in [0.1, 0.15) is 5.75 Å². The second-order valence-corrected chi connectivity index (χ2v) is 5.12. The third-order valence-electron chi connectivity index (χ3n) is 4.15. The van der Waals surface area contributed by atoms with Crippen molar-refractivity contribution in [3.05, 3.63) is 29.3 Å². The van der Waals surface area contributed by atoms with Crippen LogP contribution in [0.5, 0.6) is 5.75 Å². The Balaban J connectivity index is 0.00000108. The van der Waals surface area contributed by atoms with Gasteiger partial charge in [-0.15, -0.1) is 12.4 Å². The first-order valence-electron chi connectivity index (χ1n) is 6.22. The molecule has 1 heterocycles. The molecule has 1 unspecified atom stereocenters. The molecule has 0 aromatic heterocycles. The van der Waals surface area contributed by atoms with E-state index in [0.29, 0.717) is 5.54 Å². The number of aryl methyl sites for hydroxylation is 1. The SMILES string of the molecule is COc1ccc2c(c1)CCC1(CCCN1)C2.Cl. The van der Waals surface area contributed by atoms with E-state index in [-0.39, 0.29) is 12.4 Å². The van der Waals surface area contributed by atoms with Crippen molar-refractivity contribution in [2.45, 2.75) is 37.6 Å². The van der Waals surface area contributed by atoms with E-state index in [4.69, 9.17) is 4.74 Å². The van der Waals surface area contributed by atoms with Crippen molar-refractivity contribution >= 4 is 12.4 Å². The lowest BCUT2D eigenvalue weighted by Gasteiger charge is -2.35. The number of hydrogen-bond donors (Lipinski definition) is 1. The van der Waals surface area contributed by atoms with Gasteiger partial charge in [0.25, 0.3) is 0 Å². The highest BCUT2D eigenvalue weighted by molar-refractivity contribution is 5.85. The van der Waals surface area contributed by atoms with Crippen molar-refractivity contribution < 1.29 is 4.74 Å². The minimum atomic E-state index is 0. The van der Waals surface area contributed by atoms with E-state index in [1.165, 1.54) is 49.8 Å². The highest BCUT2D eigenvalue weighted by Gasteiger charge is 2.36. The Morgan fingerprint density at radius 1 is 1.24 bits per heavy atom. The molecular formula is C14H20ClNO. The van der Waals surface area contributed by atoms with Crippen molar-refractivity contribution in [3.63, 3.8) is 0 Å². The summed E-state index contributed by atoms with van der Waals surface area (Å²) < 4.78 is 5.28. The second kappa shape index (κ2) is 4.87. The fraction of sp³-hybridized carbons (Fsp3) is 0.571. The molecule has 94 valence electrons. The Labute approximate surface area is 109 Å². The number of benzene rings is 1. The van der Waals surface area contributed by atoms with Crippen LogP contribution in [0.2, 0.25) is 0 Å². The molecule has 0 radical (unpaired) electrons. The summed E-state index contributed by atoms with van der Waals surface area (Å²) in [5.41, 5.74) is 3.42. The zero-order chi connectivity index (χ0) is 11.0. The van der Waals surface area contributed by atoms with Crippen LogP contribution < -0.4 is 10.1 Å². The van der Waals surface area contributed by atoms with Gasteiger partial charge >= 0.3 is 0 Å². The summed E-state index contributed by atoms with van der Waals surface area (Å²) in [6.45, 7) is 1.20. The third kappa shape index (κ3) is 2.29. The predicted octanol–water partition coefficient (Wildman–Crippen LogP) is 2.73. The number of hydrogen-bond acceptors (Lipinski definition) is 2. The number of ether oxygens (including phenoxy) is 1. The molecule has 0 amide bonds. The summed E-state index contributed by atoms with van der Waals surface area (Å²) in [5, 5.41) is 3.71. The second-order valence-electron chi connectivity index (χ2n) is 5.12. The molecule has 2 aliphatic rings. The molecule has 0 bridgehead atoms. The number of rotatable bonds is 1. The molecule has 1 fully saturated rings. The lowest BCUT2D eigenvalue weighted by atomic mass is 9.77. The van der Waals surface area contributed by atoms with Crippen molar-refractivity contribution in [1.29, 1.82) is 0 Å². The van der Waals surface area contributed by atoms with Crippen molar-refractivity contribution in [1.82, 2.24) is 5.32 Å². The van der Waals surface area contributed by atoms with Crippen LogP contribution in [-0.2, 0) is 12.8 Å². The van der Waals surface area contributed by atoms with Crippen LogP contribution in [0.3, 0.4) is 0 Å². The molecule has 1 saturated heterocycles. The maximum absolute atomic E-state index is 5.28. The van der Waals surface area contributed by atoms with E-state index in [9.17, 15) is 0 Å². The molecule has 0 saturated carbocycles. The first-order valence-corrected chi connectivity index (χ1v) is 6.22. The van der Waals surface area contributed by atoms with E-state index in [0.717, 1.165) is 5.75 Å². The molecule has 1 atom stereocenters. The van der Waals surface area contributed by atoms with Crippen molar-refractivity contribution in [3.8, 4) is 5.75 Å². The quantitative estimate of drug-likeness (QED) is 0.831. The first-order chi connectivity index (χ1) is 7.81. The van der Waals surface area contributed by atoms with E-state index < -0.39 is 0 Å². The number of nitrogens with one attached hydrogen (secondary N) is 1. The average Bonchev–Trinajstić information content (AvgIpc) is 2.77. The minimum absolute atomic E-state index is 0. The van der Waals surface area contributed by atoms with Crippen LogP contribution in [0.1, 0.15) is 30.4 Å². The van der Waals surface area contributed by atoms with E-state index >= 15 is 0 Å². The molecule has 1 aliphatic heterocycles. The van der Waals surface area contributed by atoms with Crippen molar-refractivity contribution in [2.75, 3.05) is 13.7 Å². The van der Waals surface area contributed by atoms with Crippen LogP contribution in [0.4, 0.5) is 0 Å². The van der Waals surface area contributed by atoms with Gasteiger partial charge in [-0.2, -0.15) is 0 Å². The standard InChI is InChI=1S/C14H19NO.ClH/c1-16-13-4-3-12-10-14(6-2-8-15-14)7-5-11(12)9-13;/h3-4,9,15H,2,5-8,10H2,1H3;1H. The zero-order valence-corrected chi connectivity index (χ0v) is 11.1. The summed E-state index contributed by atoms with van der Waals surface area (Å²) in [6, 6.07) is 6.54. The van der Waals surface area contributed by atoms with Gasteiger partial charge < -0.3 is 10.1 Å². The topological polar surface area (TPSA) is 21.3 Å². The van der Waals surface area contributed by atoms with E-state index in [1.54, 1.807) is 7.11 Å². The number of methoxy groups -OCH3 is 1. The highest BCUT2D eigenvalue weighted by atomic mass is 35.5. The summed E-state index contributed by atoms with van der Waals surface area (Å²) in [6.07, 6.45) is 6.36. The maximum atomic E-state index is 5.28. The van der Waals surface area contributed by atoms with Gasteiger partial charge in [-0.25, -0.2) is 0 Å². The number of halogens is 1. The van der Waals surface area contributed by atoms with Gasteiger partial charge in [-0.3, -0.25) is 0 Å². The average molecular weight is 254 g/mol. The molecule has 3 rings (SSSR count). The smallest absolute Gasteiger partial charge is 0.119 e. The first kappa shape index (κ1) is 12.7. The summed E-state index contributed by atoms with van der Waals surface area (Å²) >= 11 is 0. The Hall–Kier alpha value is -0.730. The van der Waals surface area contributed by atoms with E-state index in [1.807, 2.05) is 0 Å². The molecule has 1 aromatic rings. The van der Waals surface area contributed by atoms with Crippen LogP contribution in [0.25, 0.3) is 0 Å². The summed E-state index contributed by atoms with van der Waals surface area (Å²) in [4.78, 5) is 0. The molecule has 17 heavy (non-hydrogen) atoms. The highest BCUT2D eigenvalue weighted by Crippen LogP contribution is 2.35. The van der Waals surface area contributed by atoms with Crippen LogP contribution in [0, 0.1) is 0 Å². The fourth-order valence-corrected chi connectivity index (χ4v) is 3.19. The predicted molar refractivity (Wildman–Crippen MR) is 72.2 cm³/mol. The largest absolute Gasteiger partial charge is 0.497 e. The van der Waals surface area contributed by atoms with Crippen LogP contribution in [-0.4, -0.2) is 19.2 Å². The Morgan fingerprint density at radius 2 is 2.12 bits per heavy atom. The van der Waals surface area contributed by atoms with Gasteiger partial charge in [0.2, 0.25) is 0 Å². The molecule has 1 aliphatic carbocycles. The Bertz CT molecular complexity index is 399. The Morgan fingerprint density at radius 3 is 2.82 bits per heavy atom. The molecule has 1 aromatic carbocycles. The molecule has 1 spiro atoms. The normalized spacial score (nSPS) is 26.4. The van der Waals surface area contributed by atoms with E-state index in [2.05, 4.69) is 23.5 Å². The van der Waals surface area contributed by atoms with Gasteiger partial charge in [0.15, 0.2) is 0 Å². The van der Waals surface area contributed by atoms with Gasteiger partial charge in [0.05, 0.1) is 7.11 Å². The molecular weight excluding hydrogens is 234 g/mol. The molecule has 1 N–H and O–H groups in total. The third-order valence-corrected chi connectivity index (χ3v) is 4.15.